The van der Waals surface area contributed by atoms with E-state index >= 15 is 0 Å². The number of anilines is 1. The zero-order valence-corrected chi connectivity index (χ0v) is 15.8. The number of aromatic carboxylic acids is 1. The molecular weight excluding hydrogens is 354 g/mol. The first kappa shape index (κ1) is 18.3. The summed E-state index contributed by atoms with van der Waals surface area (Å²) in [6, 6.07) is 8.05. The van der Waals surface area contributed by atoms with Crippen molar-refractivity contribution in [3.05, 3.63) is 52.6 Å². The Morgan fingerprint density at radius 2 is 1.81 bits per heavy atom. The maximum absolute atomic E-state index is 13.4. The van der Waals surface area contributed by atoms with Crippen LogP contribution < -0.4 is 9.04 Å². The number of carboxylic acid groups (broad SMARTS) is 1. The Bertz CT molecular complexity index is 958. The summed E-state index contributed by atoms with van der Waals surface area (Å²) in [5, 5.41) is 9.26. The molecule has 1 aliphatic rings. The first-order chi connectivity index (χ1) is 12.3. The van der Waals surface area contributed by atoms with Crippen molar-refractivity contribution in [2.75, 3.05) is 18.0 Å². The fourth-order valence-corrected chi connectivity index (χ4v) is 5.42. The van der Waals surface area contributed by atoms with Crippen LogP contribution in [-0.2, 0) is 16.4 Å². The highest BCUT2D eigenvalue weighted by Gasteiger charge is 2.32. The number of hydrogen-bond donors (Lipinski definition) is 1. The van der Waals surface area contributed by atoms with Gasteiger partial charge in [-0.25, -0.2) is 13.2 Å². The molecule has 0 aliphatic carbocycles. The molecule has 1 N–H and O–H groups in total. The molecule has 0 aromatic heterocycles. The third kappa shape index (κ3) is 3.03. The average molecular weight is 375 g/mol. The molecule has 0 spiro atoms. The van der Waals surface area contributed by atoms with E-state index < -0.39 is 16.0 Å². The first-order valence-corrected chi connectivity index (χ1v) is 9.74. The van der Waals surface area contributed by atoms with Crippen molar-refractivity contribution < 1.29 is 23.1 Å². The minimum absolute atomic E-state index is 0.0778. The molecule has 3 rings (SSSR count). The molecule has 138 valence electrons. The van der Waals surface area contributed by atoms with Crippen molar-refractivity contribution in [1.82, 2.24) is 0 Å². The van der Waals surface area contributed by atoms with E-state index in [9.17, 15) is 18.3 Å². The molecule has 2 aromatic carbocycles. The number of hydrogen-bond acceptors (Lipinski definition) is 4. The van der Waals surface area contributed by atoms with E-state index in [-0.39, 0.29) is 10.5 Å². The topological polar surface area (TPSA) is 83.9 Å². The average Bonchev–Trinajstić information content (AvgIpc) is 2.59. The number of fused-ring (bicyclic) bond motifs is 1. The lowest BCUT2D eigenvalue weighted by molar-refractivity contribution is 0.0697. The number of nitrogens with zero attached hydrogens (tertiary/aromatic N) is 1. The summed E-state index contributed by atoms with van der Waals surface area (Å²) in [6.45, 7) is 3.80. The van der Waals surface area contributed by atoms with E-state index in [2.05, 4.69) is 0 Å². The second-order valence-electron chi connectivity index (χ2n) is 6.42. The Kier molecular flexibility index (Phi) is 4.66. The van der Waals surface area contributed by atoms with E-state index in [1.807, 2.05) is 0 Å². The Morgan fingerprint density at radius 3 is 2.38 bits per heavy atom. The van der Waals surface area contributed by atoms with Gasteiger partial charge in [-0.2, -0.15) is 0 Å². The van der Waals surface area contributed by atoms with Gasteiger partial charge in [0.05, 0.1) is 23.3 Å². The number of carboxylic acids is 1. The molecule has 26 heavy (non-hydrogen) atoms. The van der Waals surface area contributed by atoms with Crippen molar-refractivity contribution >= 4 is 21.7 Å². The standard InChI is InChI=1S/C19H21NO5S/c1-12-9-16(25-3)10-13(2)18(12)26(23,24)20-8-4-5-14-6-7-15(19(21)22)11-17(14)20/h6-7,9-11H,4-5,8H2,1-3H3,(H,21,22). The lowest BCUT2D eigenvalue weighted by atomic mass is 10.0. The lowest BCUT2D eigenvalue weighted by Gasteiger charge is -2.31. The molecular formula is C19H21NO5S. The minimum atomic E-state index is -3.82. The molecule has 6 nitrogen and oxygen atoms in total. The van der Waals surface area contributed by atoms with Gasteiger partial charge in [-0.3, -0.25) is 4.31 Å². The maximum Gasteiger partial charge on any atom is 0.335 e. The smallest absolute Gasteiger partial charge is 0.335 e. The zero-order valence-electron chi connectivity index (χ0n) is 14.9. The van der Waals surface area contributed by atoms with Gasteiger partial charge in [-0.15, -0.1) is 0 Å². The predicted molar refractivity (Wildman–Crippen MR) is 98.7 cm³/mol. The number of carbonyl (C=O) groups is 1. The third-order valence-electron chi connectivity index (χ3n) is 4.63. The summed E-state index contributed by atoms with van der Waals surface area (Å²) in [7, 11) is -2.28. The van der Waals surface area contributed by atoms with Crippen LogP contribution in [0.15, 0.2) is 35.2 Å². The molecule has 1 heterocycles. The largest absolute Gasteiger partial charge is 0.497 e. The summed E-state index contributed by atoms with van der Waals surface area (Å²) in [4.78, 5) is 11.6. The third-order valence-corrected chi connectivity index (χ3v) is 6.75. The molecule has 7 heteroatoms. The van der Waals surface area contributed by atoms with Gasteiger partial charge in [0.2, 0.25) is 0 Å². The van der Waals surface area contributed by atoms with E-state index in [0.717, 1.165) is 12.0 Å². The number of sulfonamides is 1. The minimum Gasteiger partial charge on any atom is -0.497 e. The van der Waals surface area contributed by atoms with Gasteiger partial charge in [-0.1, -0.05) is 6.07 Å². The highest BCUT2D eigenvalue weighted by molar-refractivity contribution is 7.93. The van der Waals surface area contributed by atoms with Crippen LogP contribution in [0.4, 0.5) is 5.69 Å². The Hall–Kier alpha value is -2.54. The number of benzene rings is 2. The van der Waals surface area contributed by atoms with Crippen LogP contribution in [0, 0.1) is 13.8 Å². The number of rotatable bonds is 4. The van der Waals surface area contributed by atoms with Crippen molar-refractivity contribution in [2.45, 2.75) is 31.6 Å². The van der Waals surface area contributed by atoms with Gasteiger partial charge in [0.25, 0.3) is 10.0 Å². The van der Waals surface area contributed by atoms with Crippen LogP contribution in [0.2, 0.25) is 0 Å². The van der Waals surface area contributed by atoms with Gasteiger partial charge >= 0.3 is 5.97 Å². The van der Waals surface area contributed by atoms with Crippen molar-refractivity contribution in [3.8, 4) is 5.75 Å². The van der Waals surface area contributed by atoms with Crippen molar-refractivity contribution in [1.29, 1.82) is 0 Å². The molecule has 1 aliphatic heterocycles. The van der Waals surface area contributed by atoms with Crippen molar-refractivity contribution in [3.63, 3.8) is 0 Å². The lowest BCUT2D eigenvalue weighted by Crippen LogP contribution is -2.36. The fraction of sp³-hybridized carbons (Fsp3) is 0.316. The first-order valence-electron chi connectivity index (χ1n) is 8.30. The molecule has 0 fully saturated rings. The van der Waals surface area contributed by atoms with Gasteiger partial charge in [-0.05, 0) is 67.6 Å². The molecule has 0 amide bonds. The van der Waals surface area contributed by atoms with Crippen LogP contribution in [0.25, 0.3) is 0 Å². The maximum atomic E-state index is 13.4. The molecule has 0 radical (unpaired) electrons. The Balaban J connectivity index is 2.16. The summed E-state index contributed by atoms with van der Waals surface area (Å²) >= 11 is 0. The van der Waals surface area contributed by atoms with Gasteiger partial charge in [0.1, 0.15) is 5.75 Å². The highest BCUT2D eigenvalue weighted by Crippen LogP contribution is 2.35. The van der Waals surface area contributed by atoms with Crippen LogP contribution in [0.5, 0.6) is 5.75 Å². The fourth-order valence-electron chi connectivity index (χ4n) is 3.47. The van der Waals surface area contributed by atoms with E-state index in [0.29, 0.717) is 35.5 Å². The molecule has 0 saturated heterocycles. The van der Waals surface area contributed by atoms with Crippen LogP contribution in [0.3, 0.4) is 0 Å². The summed E-state index contributed by atoms with van der Waals surface area (Å²) in [5.74, 6) is -0.473. The molecule has 0 bridgehead atoms. The van der Waals surface area contributed by atoms with E-state index in [1.54, 1.807) is 32.0 Å². The summed E-state index contributed by atoms with van der Waals surface area (Å²) < 4.78 is 33.4. The quantitative estimate of drug-likeness (QED) is 0.887. The second kappa shape index (κ2) is 6.64. The van der Waals surface area contributed by atoms with Crippen LogP contribution in [0.1, 0.15) is 33.5 Å². The van der Waals surface area contributed by atoms with E-state index in [1.165, 1.54) is 23.5 Å². The summed E-state index contributed by atoms with van der Waals surface area (Å²) in [5.41, 5.74) is 2.57. The van der Waals surface area contributed by atoms with Gasteiger partial charge in [0, 0.05) is 6.54 Å². The monoisotopic (exact) mass is 375 g/mol. The Morgan fingerprint density at radius 1 is 1.15 bits per heavy atom. The normalized spacial score (nSPS) is 14.0. The number of ether oxygens (including phenoxy) is 1. The number of methoxy groups -OCH3 is 1. The molecule has 0 unspecified atom stereocenters. The summed E-state index contributed by atoms with van der Waals surface area (Å²) in [6.07, 6.45) is 1.41. The Labute approximate surface area is 153 Å². The molecule has 0 saturated carbocycles. The predicted octanol–water partition coefficient (Wildman–Crippen LogP) is 3.15. The van der Waals surface area contributed by atoms with Crippen molar-refractivity contribution in [2.24, 2.45) is 0 Å². The SMILES string of the molecule is COc1cc(C)c(S(=O)(=O)N2CCCc3ccc(C(=O)O)cc32)c(C)c1. The van der Waals surface area contributed by atoms with Gasteiger partial charge in [0.15, 0.2) is 0 Å². The molecule has 0 atom stereocenters. The number of aryl methyl sites for hydroxylation is 3. The zero-order chi connectivity index (χ0) is 19.1. The van der Waals surface area contributed by atoms with Crippen LogP contribution in [-0.4, -0.2) is 33.1 Å². The van der Waals surface area contributed by atoms with Crippen LogP contribution >= 0.6 is 0 Å². The van der Waals surface area contributed by atoms with Gasteiger partial charge < -0.3 is 9.84 Å². The van der Waals surface area contributed by atoms with E-state index in [4.69, 9.17) is 4.74 Å². The second-order valence-corrected chi connectivity index (χ2v) is 8.22. The highest BCUT2D eigenvalue weighted by atomic mass is 32.2. The molecule has 2 aromatic rings.